The minimum absolute atomic E-state index is 0. The number of rotatable bonds is 0. The molecule has 0 aromatic carbocycles. The summed E-state index contributed by atoms with van der Waals surface area (Å²) in [5.41, 5.74) is 0. The van der Waals surface area contributed by atoms with Crippen molar-refractivity contribution >= 4 is 23.9 Å². The van der Waals surface area contributed by atoms with Gasteiger partial charge in [-0.05, 0) is 0 Å². The van der Waals surface area contributed by atoms with Crippen LogP contribution in [0.3, 0.4) is 0 Å². The molecule has 0 saturated carbocycles. The zero-order valence-electron chi connectivity index (χ0n) is 3.27. The molecule has 0 bridgehead atoms. The van der Waals surface area contributed by atoms with E-state index in [1.165, 1.54) is 0 Å². The average molecular weight is 324 g/mol. The van der Waals surface area contributed by atoms with Crippen molar-refractivity contribution in [2.45, 2.75) is 0 Å². The second kappa shape index (κ2) is 1.65. The van der Waals surface area contributed by atoms with Crippen molar-refractivity contribution in [2.75, 3.05) is 0 Å². The first-order chi connectivity index (χ1) is 2.45. The zero-order valence-corrected chi connectivity index (χ0v) is 8.58. The van der Waals surface area contributed by atoms with Crippen LogP contribution in [0.15, 0.2) is 0 Å². The molecule has 0 aromatic heterocycles. The number of halogens is 6. The van der Waals surface area contributed by atoms with E-state index in [2.05, 4.69) is 0 Å². The standard InChI is InChI=1S/6FH.Sn.Zr/h6*1H;;/q;;;;;;+2;+4/p-6. The Morgan fingerprint density at radius 1 is 0.625 bits per heavy atom. The monoisotopic (exact) mass is 324 g/mol. The van der Waals surface area contributed by atoms with E-state index in [9.17, 15) is 15.8 Å². The van der Waals surface area contributed by atoms with Crippen molar-refractivity contribution in [3.8, 4) is 0 Å². The predicted octanol–water partition coefficient (Wildman–Crippen LogP) is 2.14. The first-order valence-electron chi connectivity index (χ1n) is 1.13. The topological polar surface area (TPSA) is 0 Å². The third-order valence-electron chi connectivity index (χ3n) is 0. The van der Waals surface area contributed by atoms with Gasteiger partial charge in [0.2, 0.25) is 0 Å². The van der Waals surface area contributed by atoms with Gasteiger partial charge >= 0.3 is 60.6 Å². The molecule has 50 valence electrons. The SMILES string of the molecule is [F][Zr-2]([F])([F])([F])([F])[F].[Sn+2]. The molecule has 8 heavy (non-hydrogen) atoms. The van der Waals surface area contributed by atoms with Crippen molar-refractivity contribution in [3.05, 3.63) is 0 Å². The molecule has 0 N–H and O–H groups in total. The average Bonchev–Trinajstić information content (AvgIpc) is 0.592. The molecule has 0 aliphatic heterocycles. The Kier molecular flexibility index (Phi) is 2.47. The molecule has 0 heterocycles. The Labute approximate surface area is 60.3 Å². The van der Waals surface area contributed by atoms with Gasteiger partial charge in [0, 0.05) is 0 Å². The van der Waals surface area contributed by atoms with E-state index in [-0.39, 0.29) is 23.9 Å². The summed E-state index contributed by atoms with van der Waals surface area (Å²) in [7, 11) is 0. The number of hydrogen-bond donors (Lipinski definition) is 0. The maximum Gasteiger partial charge on any atom is 2.00 e. The normalized spacial score (nSPS) is 20.2. The van der Waals surface area contributed by atoms with Crippen LogP contribution in [0, 0.1) is 0 Å². The van der Waals surface area contributed by atoms with Gasteiger partial charge in [-0.2, -0.15) is 0 Å². The second-order valence-corrected chi connectivity index (χ2v) is 6.34. The molecule has 0 nitrogen and oxygen atoms in total. The van der Waals surface area contributed by atoms with E-state index in [0.29, 0.717) is 0 Å². The van der Waals surface area contributed by atoms with Gasteiger partial charge < -0.3 is 0 Å². The molecule has 0 aromatic rings. The largest absolute Gasteiger partial charge is 2.00 e. The Morgan fingerprint density at radius 2 is 0.625 bits per heavy atom. The second-order valence-electron chi connectivity index (χ2n) is 1.07. The fourth-order valence-electron chi connectivity index (χ4n) is 0. The Bertz CT molecular complexity index is 67.1. The van der Waals surface area contributed by atoms with E-state index < -0.39 is 21.0 Å². The van der Waals surface area contributed by atoms with Crippen molar-refractivity contribution in [3.63, 3.8) is 0 Å². The molecular formula is F6SnZr. The Balaban J connectivity index is 0. The van der Waals surface area contributed by atoms with Gasteiger partial charge in [-0.15, -0.1) is 0 Å². The number of hydrogen-bond acceptors (Lipinski definition) is 0. The van der Waals surface area contributed by atoms with E-state index in [4.69, 9.17) is 0 Å². The van der Waals surface area contributed by atoms with E-state index >= 15 is 0 Å². The summed E-state index contributed by atoms with van der Waals surface area (Å²) in [5, 5.41) is 0. The first-order valence-corrected chi connectivity index (χ1v) is 6.71. The van der Waals surface area contributed by atoms with Crippen LogP contribution in [-0.2, 0) is 21.0 Å². The van der Waals surface area contributed by atoms with Crippen LogP contribution in [0.25, 0.3) is 0 Å². The summed E-state index contributed by atoms with van der Waals surface area (Å²) in [4.78, 5) is 0. The molecular weight excluding hydrogens is 324 g/mol. The molecule has 0 spiro atoms. The summed E-state index contributed by atoms with van der Waals surface area (Å²) < 4.78 is 59.6. The third kappa shape index (κ3) is 179. The van der Waals surface area contributed by atoms with Crippen LogP contribution < -0.4 is 0 Å². The maximum atomic E-state index is 9.93. The van der Waals surface area contributed by atoms with Gasteiger partial charge in [-0.25, -0.2) is 0 Å². The third-order valence-corrected chi connectivity index (χ3v) is 0. The summed E-state index contributed by atoms with van der Waals surface area (Å²) >= 11 is -11.3. The van der Waals surface area contributed by atoms with Gasteiger partial charge in [-0.1, -0.05) is 0 Å². The van der Waals surface area contributed by atoms with Crippen LogP contribution in [-0.4, -0.2) is 23.9 Å². The maximum absolute atomic E-state index is 11.3. The predicted molar refractivity (Wildman–Crippen MR) is 12.4 cm³/mol. The van der Waals surface area contributed by atoms with Crippen LogP contribution in [0.2, 0.25) is 0 Å². The van der Waals surface area contributed by atoms with Crippen molar-refractivity contribution in [1.82, 2.24) is 0 Å². The quantitative estimate of drug-likeness (QED) is 0.473. The molecule has 0 unspecified atom stereocenters. The molecule has 0 aliphatic rings. The van der Waals surface area contributed by atoms with Crippen LogP contribution in [0.1, 0.15) is 0 Å². The van der Waals surface area contributed by atoms with Crippen LogP contribution >= 0.6 is 0 Å². The molecule has 2 radical (unpaired) electrons. The van der Waals surface area contributed by atoms with Crippen LogP contribution in [0.4, 0.5) is 15.8 Å². The Morgan fingerprint density at radius 3 is 0.625 bits per heavy atom. The van der Waals surface area contributed by atoms with E-state index in [1.807, 2.05) is 0 Å². The molecule has 0 atom stereocenters. The van der Waals surface area contributed by atoms with E-state index in [1.54, 1.807) is 0 Å². The molecule has 0 aliphatic carbocycles. The Hall–Kier alpha value is 1.26. The summed E-state index contributed by atoms with van der Waals surface area (Å²) in [5.74, 6) is 0. The molecule has 0 fully saturated rings. The minimum Gasteiger partial charge on any atom is 2.00 e. The minimum atomic E-state index is -11.3. The smallest absolute Gasteiger partial charge is 2.00 e. The fraction of sp³-hybridized carbons (Fsp3) is 0. The molecule has 0 saturated heterocycles. The van der Waals surface area contributed by atoms with Gasteiger partial charge in [-0.3, -0.25) is 0 Å². The first kappa shape index (κ1) is 12.0. The van der Waals surface area contributed by atoms with E-state index in [0.717, 1.165) is 0 Å². The van der Waals surface area contributed by atoms with Gasteiger partial charge in [0.15, 0.2) is 0 Å². The van der Waals surface area contributed by atoms with Gasteiger partial charge in [0.1, 0.15) is 0 Å². The van der Waals surface area contributed by atoms with Crippen LogP contribution in [0.5, 0.6) is 0 Å². The summed E-state index contributed by atoms with van der Waals surface area (Å²) in [6.07, 6.45) is 0. The summed E-state index contributed by atoms with van der Waals surface area (Å²) in [6, 6.07) is 0. The van der Waals surface area contributed by atoms with Gasteiger partial charge in [0.25, 0.3) is 0 Å². The summed E-state index contributed by atoms with van der Waals surface area (Å²) in [6.45, 7) is 0. The van der Waals surface area contributed by atoms with Crippen molar-refractivity contribution in [2.24, 2.45) is 0 Å². The molecule has 0 rings (SSSR count). The van der Waals surface area contributed by atoms with Gasteiger partial charge in [0.05, 0.1) is 0 Å². The zero-order chi connectivity index (χ0) is 6.41. The van der Waals surface area contributed by atoms with Crippen molar-refractivity contribution < 1.29 is 36.7 Å². The molecule has 0 amide bonds. The van der Waals surface area contributed by atoms with Crippen molar-refractivity contribution in [1.29, 1.82) is 0 Å². The fourth-order valence-corrected chi connectivity index (χ4v) is 0. The molecule has 8 heteroatoms.